The molecule has 2 aliphatic rings. The van der Waals surface area contributed by atoms with Gasteiger partial charge in [0.1, 0.15) is 0 Å². The summed E-state index contributed by atoms with van der Waals surface area (Å²) >= 11 is 0. The molecule has 0 bridgehead atoms. The molecule has 1 saturated carbocycles. The first-order valence-corrected chi connectivity index (χ1v) is 7.58. The maximum absolute atomic E-state index is 6.44. The Morgan fingerprint density at radius 3 is 2.61 bits per heavy atom. The van der Waals surface area contributed by atoms with E-state index >= 15 is 0 Å². The van der Waals surface area contributed by atoms with Gasteiger partial charge in [-0.1, -0.05) is 6.92 Å². The molecule has 2 fully saturated rings. The van der Waals surface area contributed by atoms with E-state index in [1.807, 2.05) is 7.11 Å². The van der Waals surface area contributed by atoms with Gasteiger partial charge in [-0.2, -0.15) is 0 Å². The van der Waals surface area contributed by atoms with Crippen LogP contribution in [-0.4, -0.2) is 31.5 Å². The predicted molar refractivity (Wildman–Crippen MR) is 73.6 cm³/mol. The summed E-state index contributed by atoms with van der Waals surface area (Å²) in [6.07, 6.45) is 9.76. The van der Waals surface area contributed by atoms with Crippen LogP contribution in [0.25, 0.3) is 0 Å². The number of rotatable bonds is 5. The minimum Gasteiger partial charge on any atom is -0.378 e. The molecule has 0 aromatic carbocycles. The Labute approximate surface area is 111 Å². The van der Waals surface area contributed by atoms with Gasteiger partial charge in [-0.3, -0.25) is 0 Å². The zero-order chi connectivity index (χ0) is 13.0. The third kappa shape index (κ3) is 3.25. The lowest BCUT2D eigenvalue weighted by atomic mass is 9.74. The van der Waals surface area contributed by atoms with Crippen molar-refractivity contribution in [3.05, 3.63) is 0 Å². The zero-order valence-corrected chi connectivity index (χ0v) is 12.0. The van der Waals surface area contributed by atoms with Crippen LogP contribution in [0.4, 0.5) is 0 Å². The molecule has 1 aliphatic carbocycles. The standard InChI is InChI=1S/C15H29NO2/c1-12-7-9-15(17-2,10-8-12)14(16)6-5-13-4-3-11-18-13/h12-14H,3-11,16H2,1-2H3. The molecule has 0 spiro atoms. The number of hydrogen-bond acceptors (Lipinski definition) is 3. The van der Waals surface area contributed by atoms with Crippen LogP contribution < -0.4 is 5.73 Å². The summed E-state index contributed by atoms with van der Waals surface area (Å²) in [4.78, 5) is 0. The van der Waals surface area contributed by atoms with E-state index in [-0.39, 0.29) is 11.6 Å². The molecule has 0 aromatic heterocycles. The normalized spacial score (nSPS) is 38.8. The Hall–Kier alpha value is -0.120. The highest BCUT2D eigenvalue weighted by atomic mass is 16.5. The molecule has 2 N–H and O–H groups in total. The number of hydrogen-bond donors (Lipinski definition) is 1. The second-order valence-electron chi connectivity index (χ2n) is 6.27. The molecule has 0 aromatic rings. The van der Waals surface area contributed by atoms with E-state index in [2.05, 4.69) is 6.92 Å². The highest BCUT2D eigenvalue weighted by molar-refractivity contribution is 4.95. The lowest BCUT2D eigenvalue weighted by Gasteiger charge is -2.42. The van der Waals surface area contributed by atoms with Crippen LogP contribution in [0.15, 0.2) is 0 Å². The molecule has 1 heterocycles. The van der Waals surface area contributed by atoms with Crippen LogP contribution in [0, 0.1) is 5.92 Å². The molecule has 3 nitrogen and oxygen atoms in total. The van der Waals surface area contributed by atoms with E-state index in [1.54, 1.807) is 0 Å². The summed E-state index contributed by atoms with van der Waals surface area (Å²) in [5.74, 6) is 0.832. The van der Waals surface area contributed by atoms with Gasteiger partial charge in [0.2, 0.25) is 0 Å². The summed E-state index contributed by atoms with van der Waals surface area (Å²) in [5, 5.41) is 0. The smallest absolute Gasteiger partial charge is 0.0829 e. The third-order valence-corrected chi connectivity index (χ3v) is 5.03. The maximum atomic E-state index is 6.44. The zero-order valence-electron chi connectivity index (χ0n) is 12.0. The van der Waals surface area contributed by atoms with Gasteiger partial charge in [-0.15, -0.1) is 0 Å². The van der Waals surface area contributed by atoms with Crippen molar-refractivity contribution in [2.75, 3.05) is 13.7 Å². The van der Waals surface area contributed by atoms with Gasteiger partial charge < -0.3 is 15.2 Å². The van der Waals surface area contributed by atoms with Crippen molar-refractivity contribution in [3.8, 4) is 0 Å². The third-order valence-electron chi connectivity index (χ3n) is 5.03. The van der Waals surface area contributed by atoms with E-state index in [4.69, 9.17) is 15.2 Å². The fourth-order valence-electron chi connectivity index (χ4n) is 3.48. The average molecular weight is 255 g/mol. The van der Waals surface area contributed by atoms with Crippen molar-refractivity contribution in [2.45, 2.75) is 76.0 Å². The lowest BCUT2D eigenvalue weighted by molar-refractivity contribution is -0.0698. The second kappa shape index (κ2) is 6.36. The van der Waals surface area contributed by atoms with E-state index in [0.29, 0.717) is 6.10 Å². The van der Waals surface area contributed by atoms with Gasteiger partial charge in [0, 0.05) is 19.8 Å². The van der Waals surface area contributed by atoms with E-state index in [1.165, 1.54) is 25.7 Å². The first-order chi connectivity index (χ1) is 8.66. The molecule has 2 rings (SSSR count). The minimum atomic E-state index is -0.0644. The lowest BCUT2D eigenvalue weighted by Crippen LogP contribution is -2.51. The van der Waals surface area contributed by atoms with Crippen molar-refractivity contribution in [2.24, 2.45) is 11.7 Å². The Kier molecular flexibility index (Phi) is 5.05. The van der Waals surface area contributed by atoms with Crippen molar-refractivity contribution >= 4 is 0 Å². The van der Waals surface area contributed by atoms with Crippen LogP contribution in [0.3, 0.4) is 0 Å². The largest absolute Gasteiger partial charge is 0.378 e. The van der Waals surface area contributed by atoms with E-state index in [0.717, 1.165) is 38.2 Å². The summed E-state index contributed by atoms with van der Waals surface area (Å²) in [5.41, 5.74) is 6.37. The van der Waals surface area contributed by atoms with Gasteiger partial charge in [0.05, 0.1) is 11.7 Å². The first kappa shape index (κ1) is 14.3. The Morgan fingerprint density at radius 2 is 2.06 bits per heavy atom. The summed E-state index contributed by atoms with van der Waals surface area (Å²) in [6, 6.07) is 0.166. The van der Waals surface area contributed by atoms with Crippen LogP contribution in [0.5, 0.6) is 0 Å². The molecule has 0 radical (unpaired) electrons. The molecule has 2 unspecified atom stereocenters. The van der Waals surface area contributed by atoms with Crippen molar-refractivity contribution in [3.63, 3.8) is 0 Å². The summed E-state index contributed by atoms with van der Waals surface area (Å²) < 4.78 is 11.5. The quantitative estimate of drug-likeness (QED) is 0.821. The highest BCUT2D eigenvalue weighted by Crippen LogP contribution is 2.37. The molecular weight excluding hydrogens is 226 g/mol. The van der Waals surface area contributed by atoms with E-state index < -0.39 is 0 Å². The molecular formula is C15H29NO2. The van der Waals surface area contributed by atoms with Crippen LogP contribution >= 0.6 is 0 Å². The number of methoxy groups -OCH3 is 1. The predicted octanol–water partition coefficient (Wildman–Crippen LogP) is 2.87. The van der Waals surface area contributed by atoms with Crippen LogP contribution in [-0.2, 0) is 9.47 Å². The fraction of sp³-hybridized carbons (Fsp3) is 1.00. The fourth-order valence-corrected chi connectivity index (χ4v) is 3.48. The molecule has 106 valence electrons. The summed E-state index contributed by atoms with van der Waals surface area (Å²) in [7, 11) is 1.84. The molecule has 2 atom stereocenters. The van der Waals surface area contributed by atoms with Crippen molar-refractivity contribution < 1.29 is 9.47 Å². The van der Waals surface area contributed by atoms with E-state index in [9.17, 15) is 0 Å². The monoisotopic (exact) mass is 255 g/mol. The second-order valence-corrected chi connectivity index (χ2v) is 6.27. The first-order valence-electron chi connectivity index (χ1n) is 7.58. The van der Waals surface area contributed by atoms with Crippen LogP contribution in [0.1, 0.15) is 58.3 Å². The Morgan fingerprint density at radius 1 is 1.33 bits per heavy atom. The topological polar surface area (TPSA) is 44.5 Å². The van der Waals surface area contributed by atoms with Crippen molar-refractivity contribution in [1.29, 1.82) is 0 Å². The Bertz CT molecular complexity index is 243. The number of nitrogens with two attached hydrogens (primary N) is 1. The minimum absolute atomic E-state index is 0.0644. The van der Waals surface area contributed by atoms with Gasteiger partial charge in [0.15, 0.2) is 0 Å². The van der Waals surface area contributed by atoms with Gasteiger partial charge in [0.25, 0.3) is 0 Å². The van der Waals surface area contributed by atoms with Crippen LogP contribution in [0.2, 0.25) is 0 Å². The molecule has 0 amide bonds. The highest BCUT2D eigenvalue weighted by Gasteiger charge is 2.39. The molecule has 1 saturated heterocycles. The van der Waals surface area contributed by atoms with Crippen molar-refractivity contribution in [1.82, 2.24) is 0 Å². The average Bonchev–Trinajstić information content (AvgIpc) is 2.90. The molecule has 1 aliphatic heterocycles. The maximum Gasteiger partial charge on any atom is 0.0829 e. The molecule has 18 heavy (non-hydrogen) atoms. The molecule has 3 heteroatoms. The van der Waals surface area contributed by atoms with Gasteiger partial charge in [-0.25, -0.2) is 0 Å². The SMILES string of the molecule is COC1(C(N)CCC2CCCO2)CCC(C)CC1. The van der Waals surface area contributed by atoms with Gasteiger partial charge in [-0.05, 0) is 57.3 Å². The Balaban J connectivity index is 1.82. The number of ether oxygens (including phenoxy) is 2. The van der Waals surface area contributed by atoms with Gasteiger partial charge >= 0.3 is 0 Å². The summed E-state index contributed by atoms with van der Waals surface area (Å²) in [6.45, 7) is 3.27.